The van der Waals surface area contributed by atoms with Crippen molar-refractivity contribution in [3.63, 3.8) is 0 Å². The van der Waals surface area contributed by atoms with E-state index < -0.39 is 18.1 Å². The molecule has 3 heterocycles. The number of hydrogen-bond acceptors (Lipinski definition) is 9. The van der Waals surface area contributed by atoms with Crippen molar-refractivity contribution in [3.8, 4) is 23.3 Å². The number of dihydropyridines is 1. The second-order valence-corrected chi connectivity index (χ2v) is 18.1. The van der Waals surface area contributed by atoms with E-state index in [1.165, 1.54) is 23.8 Å². The molecule has 2 aliphatic heterocycles. The minimum atomic E-state index is -0.867. The summed E-state index contributed by atoms with van der Waals surface area (Å²) in [6.07, 6.45) is 16.4. The molecular formula is C48H68N4O6. The molecule has 58 heavy (non-hydrogen) atoms. The first kappa shape index (κ1) is 43.5. The second kappa shape index (κ2) is 20.8. The Morgan fingerprint density at radius 1 is 1.02 bits per heavy atom. The van der Waals surface area contributed by atoms with Gasteiger partial charge in [-0.25, -0.2) is 0 Å². The first-order chi connectivity index (χ1) is 28.0. The average molecular weight is 797 g/mol. The molecule has 2 aliphatic carbocycles. The Labute approximate surface area is 345 Å². The standard InChI is InChI=1S/C48H68N4O6/c1-30(2)8-9-36(22-37-24-48(49)52-29-38(37)21-32-18-19-50-27-32)43(54)16-12-33-11-15-40(45(56)17-13-34-23-47(58-3)46(57)26-41(33)34)44(55)7-5-4-6-31-20-35-10-14-39(53)25-42(35)51-28-31/h18-19,23-24,26-27,30-31,33,35-36,40,42-44,50-52,54-55,57H,4-10,12-14,16-17,20-22,25,28-29,49H2,1-3H3/t31-,33-,35+,36+,40+,42+,43-,44+/m0/s1. The van der Waals surface area contributed by atoms with Gasteiger partial charge in [0.1, 0.15) is 11.7 Å². The minimum absolute atomic E-state index is 0.00245. The van der Waals surface area contributed by atoms with E-state index in [0.717, 1.165) is 69.0 Å². The van der Waals surface area contributed by atoms with E-state index in [0.29, 0.717) is 92.6 Å². The van der Waals surface area contributed by atoms with Gasteiger partial charge in [0.05, 0.1) is 25.1 Å². The van der Waals surface area contributed by atoms with Gasteiger partial charge in [-0.05, 0) is 147 Å². The van der Waals surface area contributed by atoms with Gasteiger partial charge in [-0.15, -0.1) is 0 Å². The van der Waals surface area contributed by atoms with Crippen molar-refractivity contribution in [3.05, 3.63) is 70.3 Å². The number of unbranched alkanes of at least 4 members (excludes halogenated alkanes) is 1. The predicted octanol–water partition coefficient (Wildman–Crippen LogP) is 6.74. The lowest BCUT2D eigenvalue weighted by Crippen LogP contribution is -2.48. The van der Waals surface area contributed by atoms with Crippen LogP contribution >= 0.6 is 0 Å². The van der Waals surface area contributed by atoms with Gasteiger partial charge in [-0.1, -0.05) is 45.0 Å². The third kappa shape index (κ3) is 11.8. The highest BCUT2D eigenvalue weighted by atomic mass is 16.5. The summed E-state index contributed by atoms with van der Waals surface area (Å²) in [7, 11) is 1.52. The van der Waals surface area contributed by atoms with Crippen LogP contribution in [0.1, 0.15) is 126 Å². The number of ether oxygens (including phenoxy) is 1. The van der Waals surface area contributed by atoms with E-state index >= 15 is 0 Å². The Morgan fingerprint density at radius 2 is 1.86 bits per heavy atom. The van der Waals surface area contributed by atoms with Crippen molar-refractivity contribution < 1.29 is 29.6 Å². The van der Waals surface area contributed by atoms with Crippen molar-refractivity contribution in [1.82, 2.24) is 15.6 Å². The highest BCUT2D eigenvalue weighted by Crippen LogP contribution is 2.38. The van der Waals surface area contributed by atoms with Gasteiger partial charge in [-0.2, -0.15) is 0 Å². The van der Waals surface area contributed by atoms with Crippen molar-refractivity contribution in [2.24, 2.45) is 35.3 Å². The van der Waals surface area contributed by atoms with Gasteiger partial charge >= 0.3 is 0 Å². The maximum absolute atomic E-state index is 13.7. The monoisotopic (exact) mass is 797 g/mol. The Hall–Kier alpha value is -4.04. The molecule has 8 atom stereocenters. The molecule has 0 bridgehead atoms. The fourth-order valence-corrected chi connectivity index (χ4v) is 9.81. The van der Waals surface area contributed by atoms with E-state index in [4.69, 9.17) is 10.5 Å². The molecule has 0 radical (unpaired) electrons. The van der Waals surface area contributed by atoms with E-state index in [-0.39, 0.29) is 29.8 Å². The fraction of sp³-hybridized carbons (Fsp3) is 0.625. The molecule has 1 saturated heterocycles. The lowest BCUT2D eigenvalue weighted by Gasteiger charge is -2.39. The normalized spacial score (nSPS) is 25.2. The maximum Gasteiger partial charge on any atom is 0.160 e. The number of allylic oxidation sites excluding steroid dienone is 2. The third-order valence-electron chi connectivity index (χ3n) is 13.3. The number of phenolic OH excluding ortho intramolecular Hbond substituents is 1. The summed E-state index contributed by atoms with van der Waals surface area (Å²) in [5, 5.41) is 41.3. The number of H-pyrrole nitrogens is 1. The van der Waals surface area contributed by atoms with Gasteiger partial charge in [-0.3, -0.25) is 9.59 Å². The number of nitrogens with two attached hydrogens (primary N) is 1. The van der Waals surface area contributed by atoms with Crippen LogP contribution in [-0.4, -0.2) is 70.3 Å². The molecule has 316 valence electrons. The zero-order valence-corrected chi connectivity index (χ0v) is 35.0. The number of rotatable bonds is 18. The molecule has 10 nitrogen and oxygen atoms in total. The number of Topliss-reactive ketones (excluding diaryl/α,β-unsaturated/α-hetero) is 2. The van der Waals surface area contributed by atoms with Crippen LogP contribution < -0.4 is 21.1 Å². The number of aliphatic hydroxyl groups is 2. The van der Waals surface area contributed by atoms with Crippen molar-refractivity contribution >= 4 is 11.6 Å². The van der Waals surface area contributed by atoms with Gasteiger partial charge in [0.2, 0.25) is 0 Å². The average Bonchev–Trinajstić information content (AvgIpc) is 3.74. The number of aryl methyl sites for hydroxylation is 1. The molecule has 10 heteroatoms. The number of aromatic nitrogens is 1. The van der Waals surface area contributed by atoms with E-state index in [1.54, 1.807) is 6.07 Å². The number of piperidine rings is 1. The number of methoxy groups -OCH3 is 1. The summed E-state index contributed by atoms with van der Waals surface area (Å²) in [5.41, 5.74) is 11.7. The van der Waals surface area contributed by atoms with Crippen LogP contribution in [0.15, 0.2) is 53.6 Å². The lowest BCUT2D eigenvalue weighted by molar-refractivity contribution is -0.124. The smallest absolute Gasteiger partial charge is 0.160 e. The molecular weight excluding hydrogens is 729 g/mol. The third-order valence-corrected chi connectivity index (χ3v) is 13.3. The van der Waals surface area contributed by atoms with E-state index in [2.05, 4.69) is 47.4 Å². The number of benzene rings is 1. The quantitative estimate of drug-likeness (QED) is 0.0638. The van der Waals surface area contributed by atoms with Crippen molar-refractivity contribution in [1.29, 1.82) is 0 Å². The summed E-state index contributed by atoms with van der Waals surface area (Å²) >= 11 is 0. The highest BCUT2D eigenvalue weighted by Gasteiger charge is 2.35. The molecule has 1 saturated carbocycles. The van der Waals surface area contributed by atoms with Crippen LogP contribution in [0.5, 0.6) is 11.5 Å². The van der Waals surface area contributed by atoms with Gasteiger partial charge in [0, 0.05) is 50.2 Å². The molecule has 8 N–H and O–H groups in total. The zero-order valence-electron chi connectivity index (χ0n) is 35.0. The van der Waals surface area contributed by atoms with Crippen LogP contribution in [0, 0.1) is 41.4 Å². The molecule has 1 aromatic carbocycles. The Kier molecular flexibility index (Phi) is 15.6. The van der Waals surface area contributed by atoms with Crippen LogP contribution in [0.3, 0.4) is 0 Å². The number of aliphatic hydroxyl groups excluding tert-OH is 2. The number of phenols is 1. The number of hydrogen-bond donors (Lipinski definition) is 7. The summed E-state index contributed by atoms with van der Waals surface area (Å²) in [5.74, 6) is 8.46. The number of aromatic amines is 1. The Balaban J connectivity index is 1.15. The number of fused-ring (bicyclic) bond motifs is 2. The largest absolute Gasteiger partial charge is 0.504 e. The van der Waals surface area contributed by atoms with Crippen LogP contribution in [0.2, 0.25) is 0 Å². The van der Waals surface area contributed by atoms with Crippen LogP contribution in [0.25, 0.3) is 0 Å². The minimum Gasteiger partial charge on any atom is -0.504 e. The number of aromatic hydroxyl groups is 1. The molecule has 0 amide bonds. The molecule has 2 fully saturated rings. The topological polar surface area (TPSA) is 170 Å². The molecule has 0 unspecified atom stereocenters. The van der Waals surface area contributed by atoms with Crippen molar-refractivity contribution in [2.75, 3.05) is 20.2 Å². The van der Waals surface area contributed by atoms with E-state index in [9.17, 15) is 24.9 Å². The van der Waals surface area contributed by atoms with Gasteiger partial charge < -0.3 is 41.4 Å². The number of ketones is 2. The molecule has 0 spiro atoms. The highest BCUT2D eigenvalue weighted by molar-refractivity contribution is 5.85. The molecule has 2 aromatic rings. The van der Waals surface area contributed by atoms with Gasteiger partial charge in [0.25, 0.3) is 0 Å². The maximum atomic E-state index is 13.7. The Morgan fingerprint density at radius 3 is 2.64 bits per heavy atom. The zero-order chi connectivity index (χ0) is 41.2. The van der Waals surface area contributed by atoms with Crippen LogP contribution in [-0.2, 0) is 22.4 Å². The summed E-state index contributed by atoms with van der Waals surface area (Å²) in [6.45, 7) is 6.04. The molecule has 6 rings (SSSR count). The SMILES string of the molecule is COc1cc2c(cc1O)[C@H](CC[C@H](O)[C@H](CCC(C)C)CC1=C(Cc3cc[nH]c3)CNC(N)=C1)C#C[C@H]([C@H](O)CCCC[C@@H]1CN[C@@H]3CC(=O)CC[C@@H]3C1)C(=O)CC2. The van der Waals surface area contributed by atoms with Crippen molar-refractivity contribution in [2.45, 2.75) is 141 Å². The summed E-state index contributed by atoms with van der Waals surface area (Å²) < 4.78 is 5.47. The predicted molar refractivity (Wildman–Crippen MR) is 228 cm³/mol. The summed E-state index contributed by atoms with van der Waals surface area (Å²) in [6, 6.07) is 5.95. The number of carbonyl (C=O) groups is 2. The Bertz CT molecular complexity index is 1820. The fourth-order valence-electron chi connectivity index (χ4n) is 9.81. The number of nitrogens with one attached hydrogen (secondary N) is 3. The first-order valence-corrected chi connectivity index (χ1v) is 22.1. The van der Waals surface area contributed by atoms with Gasteiger partial charge in [0.15, 0.2) is 17.3 Å². The molecule has 4 aliphatic rings. The molecule has 1 aromatic heterocycles. The first-order valence-electron chi connectivity index (χ1n) is 22.1. The summed E-state index contributed by atoms with van der Waals surface area (Å²) in [4.78, 5) is 28.8. The van der Waals surface area contributed by atoms with Crippen LogP contribution in [0.4, 0.5) is 0 Å². The lowest BCUT2D eigenvalue weighted by atomic mass is 9.74. The second-order valence-electron chi connectivity index (χ2n) is 18.1. The van der Waals surface area contributed by atoms with E-state index in [1.807, 2.05) is 24.5 Å². The number of carbonyl (C=O) groups excluding carboxylic acids is 2.